The van der Waals surface area contributed by atoms with Crippen LogP contribution in [0.2, 0.25) is 0 Å². The first kappa shape index (κ1) is 30.4. The first-order valence-corrected chi connectivity index (χ1v) is 16.6. The van der Waals surface area contributed by atoms with Crippen LogP contribution < -0.4 is 0 Å². The van der Waals surface area contributed by atoms with Gasteiger partial charge < -0.3 is 0 Å². The van der Waals surface area contributed by atoms with Gasteiger partial charge in [0.15, 0.2) is 0 Å². The molecule has 0 bridgehead atoms. The van der Waals surface area contributed by atoms with Gasteiger partial charge in [0, 0.05) is 0 Å². The molecule has 7 heteroatoms. The predicted octanol–water partition coefficient (Wildman–Crippen LogP) is 9.28. The van der Waals surface area contributed by atoms with Crippen molar-refractivity contribution in [2.75, 3.05) is 0 Å². The van der Waals surface area contributed by atoms with Crippen LogP contribution in [0.5, 0.6) is 0 Å². The van der Waals surface area contributed by atoms with Crippen molar-refractivity contribution in [1.29, 1.82) is 0 Å². The van der Waals surface area contributed by atoms with E-state index in [0.29, 0.717) is 20.6 Å². The zero-order chi connectivity index (χ0) is 19.9. The van der Waals surface area contributed by atoms with Crippen LogP contribution in [0.15, 0.2) is 0 Å². The Hall–Kier alpha value is 2.68. The van der Waals surface area contributed by atoms with Crippen molar-refractivity contribution in [3.05, 3.63) is 0 Å². The molecule has 0 aliphatic carbocycles. The van der Waals surface area contributed by atoms with E-state index in [1.54, 1.807) is 0 Å². The molecule has 23 heavy (non-hydrogen) atoms. The summed E-state index contributed by atoms with van der Waals surface area (Å²) >= 11 is 12.6. The van der Waals surface area contributed by atoms with Crippen LogP contribution in [0.3, 0.4) is 0 Å². The Bertz CT molecular complexity index is 241. The van der Waals surface area contributed by atoms with E-state index in [4.69, 9.17) is 41.5 Å². The Balaban J connectivity index is -0.000000297. The van der Waals surface area contributed by atoms with E-state index in [1.807, 2.05) is 0 Å². The third kappa shape index (κ3) is 17.8. The number of rotatable bonds is 0. The normalized spacial score (nSPS) is 13.5. The summed E-state index contributed by atoms with van der Waals surface area (Å²) in [6, 6.07) is 0. The van der Waals surface area contributed by atoms with Crippen molar-refractivity contribution in [3.63, 3.8) is 0 Å². The molecule has 0 aliphatic heterocycles. The fourth-order valence-electron chi connectivity index (χ4n) is 2.25. The molecule has 0 fully saturated rings. The summed E-state index contributed by atoms with van der Waals surface area (Å²) in [5.41, 5.74) is 0. The molecule has 0 rings (SSSR count). The van der Waals surface area contributed by atoms with Crippen molar-refractivity contribution >= 4 is 56.1 Å². The van der Waals surface area contributed by atoms with Gasteiger partial charge in [0.1, 0.15) is 14.5 Å². The minimum absolute atomic E-state index is 0.106. The van der Waals surface area contributed by atoms with Gasteiger partial charge in [-0.05, 0) is 83.1 Å². The molecule has 0 nitrogen and oxygen atoms in total. The SMILES string of the molecule is CC(C)(C)[PH+](Cl)C(C)(C)C.CC(C)(C)[PH+](Cl)C(C)(C)C.[Cl][Pd][Cl]. The van der Waals surface area contributed by atoms with Crippen LogP contribution in [0, 0.1) is 0 Å². The van der Waals surface area contributed by atoms with Gasteiger partial charge in [0.25, 0.3) is 0 Å². The molecule has 0 heterocycles. The maximum atomic E-state index is 6.33. The van der Waals surface area contributed by atoms with Crippen LogP contribution in [-0.2, 0) is 15.9 Å². The quantitative estimate of drug-likeness (QED) is 0.212. The molecule has 0 aliphatic rings. The molecule has 0 spiro atoms. The number of halogens is 4. The molecule has 0 unspecified atom stereocenters. The fourth-order valence-corrected chi connectivity index (χ4v) is 6.75. The summed E-state index contributed by atoms with van der Waals surface area (Å²) in [5.74, 6) is 0. The van der Waals surface area contributed by atoms with Gasteiger partial charge in [-0.2, -0.15) is 0 Å². The third-order valence-electron chi connectivity index (χ3n) is 2.63. The second kappa shape index (κ2) is 12.2. The topological polar surface area (TPSA) is 0 Å². The van der Waals surface area contributed by atoms with Crippen LogP contribution in [0.25, 0.3) is 0 Å². The van der Waals surface area contributed by atoms with Crippen LogP contribution in [0.1, 0.15) is 83.1 Å². The Kier molecular flexibility index (Phi) is 16.1. The van der Waals surface area contributed by atoms with E-state index < -0.39 is 14.5 Å². The van der Waals surface area contributed by atoms with Crippen molar-refractivity contribution < 1.29 is 15.9 Å². The fraction of sp³-hybridized carbons (Fsp3) is 1.00. The Morgan fingerprint density at radius 2 is 0.565 bits per heavy atom. The summed E-state index contributed by atoms with van der Waals surface area (Å²) in [6.07, 6.45) is 0. The summed E-state index contributed by atoms with van der Waals surface area (Å²) in [5, 5.41) is 1.24. The van der Waals surface area contributed by atoms with E-state index in [9.17, 15) is 0 Å². The zero-order valence-corrected chi connectivity index (χ0v) is 23.4. The first-order valence-electron chi connectivity index (χ1n) is 7.62. The monoisotopic (exact) mass is 538 g/mol. The molecule has 0 saturated carbocycles. The summed E-state index contributed by atoms with van der Waals surface area (Å²) < 4.78 is 0. The van der Waals surface area contributed by atoms with Crippen molar-refractivity contribution in [1.82, 2.24) is 0 Å². The van der Waals surface area contributed by atoms with E-state index in [-0.39, 0.29) is 15.9 Å². The van der Waals surface area contributed by atoms with Crippen LogP contribution in [-0.4, -0.2) is 20.6 Å². The molecule has 0 amide bonds. The predicted molar refractivity (Wildman–Crippen MR) is 119 cm³/mol. The molecule has 0 aromatic heterocycles. The molecule has 0 saturated heterocycles. The van der Waals surface area contributed by atoms with Gasteiger partial charge >= 0.3 is 35.0 Å². The zero-order valence-electron chi connectivity index (χ0n) is 16.8. The van der Waals surface area contributed by atoms with Gasteiger partial charge in [-0.1, -0.05) is 0 Å². The number of hydrogen-bond donors (Lipinski definition) is 0. The number of hydrogen-bond acceptors (Lipinski definition) is 0. The third-order valence-corrected chi connectivity index (χ3v) is 14.7. The van der Waals surface area contributed by atoms with E-state index >= 15 is 0 Å². The van der Waals surface area contributed by atoms with Crippen molar-refractivity contribution in [2.45, 2.75) is 104 Å². The average Bonchev–Trinajstić information content (AvgIpc) is 2.24. The van der Waals surface area contributed by atoms with Crippen LogP contribution >= 0.6 is 56.1 Å². The first-order chi connectivity index (χ1) is 9.72. The van der Waals surface area contributed by atoms with Crippen molar-refractivity contribution in [3.8, 4) is 0 Å². The average molecular weight is 541 g/mol. The molecule has 0 atom stereocenters. The van der Waals surface area contributed by atoms with Crippen LogP contribution in [0.4, 0.5) is 0 Å². The standard InChI is InChI=1S/2C8H18ClP.2ClH.Pd/c2*1-7(2,3)10(9)8(4,5)6;;;/h2*1-6H3;2*1H;/q;;;;+2. The second-order valence-corrected chi connectivity index (χ2v) is 21.6. The van der Waals surface area contributed by atoms with Gasteiger partial charge in [-0.15, -0.1) is 0 Å². The summed E-state index contributed by atoms with van der Waals surface area (Å²) in [4.78, 5) is 0. The van der Waals surface area contributed by atoms with Gasteiger partial charge in [-0.3, -0.25) is 0 Å². The second-order valence-electron chi connectivity index (χ2n) is 9.67. The Morgan fingerprint density at radius 3 is 0.565 bits per heavy atom. The Morgan fingerprint density at radius 1 is 0.478 bits per heavy atom. The molecular weight excluding hydrogens is 502 g/mol. The van der Waals surface area contributed by atoms with Gasteiger partial charge in [0.05, 0.1) is 43.1 Å². The molecule has 0 radical (unpaired) electrons. The van der Waals surface area contributed by atoms with Gasteiger partial charge in [0.2, 0.25) is 0 Å². The summed E-state index contributed by atoms with van der Waals surface area (Å²) in [6.45, 7) is 26.7. The molecule has 0 aromatic rings. The van der Waals surface area contributed by atoms with Gasteiger partial charge in [-0.25, -0.2) is 0 Å². The van der Waals surface area contributed by atoms with E-state index in [1.165, 1.54) is 0 Å². The Labute approximate surface area is 174 Å². The molecular formula is C16H38Cl4P2Pd+2. The summed E-state index contributed by atoms with van der Waals surface area (Å²) in [7, 11) is 8.13. The molecule has 148 valence electrons. The van der Waals surface area contributed by atoms with E-state index in [0.717, 1.165) is 0 Å². The van der Waals surface area contributed by atoms with Crippen molar-refractivity contribution in [2.24, 2.45) is 0 Å². The molecule has 0 aromatic carbocycles. The minimum atomic E-state index is -0.748. The maximum absolute atomic E-state index is 6.33. The van der Waals surface area contributed by atoms with E-state index in [2.05, 4.69) is 83.1 Å². The molecule has 0 N–H and O–H groups in total.